The van der Waals surface area contributed by atoms with Crippen LogP contribution in [0.2, 0.25) is 0 Å². The lowest BCUT2D eigenvalue weighted by molar-refractivity contribution is -0.00997. The zero-order chi connectivity index (χ0) is 15.3. The highest BCUT2D eigenvalue weighted by atomic mass is 15.3. The first kappa shape index (κ1) is 13.7. The summed E-state index contributed by atoms with van der Waals surface area (Å²) in [4.78, 5) is 4.97. The van der Waals surface area contributed by atoms with Gasteiger partial charge in [0.2, 0.25) is 0 Å². The molecule has 3 nitrogen and oxygen atoms in total. The van der Waals surface area contributed by atoms with Gasteiger partial charge in [-0.2, -0.15) is 0 Å². The third kappa shape index (κ3) is 2.20. The molecular weight excluding hydrogens is 270 g/mol. The lowest BCUT2D eigenvalue weighted by Gasteiger charge is -2.62. The second kappa shape index (κ2) is 4.80. The number of aryl methyl sites for hydroxylation is 1. The molecule has 22 heavy (non-hydrogen) atoms. The van der Waals surface area contributed by atoms with Gasteiger partial charge in [-0.25, -0.2) is 0 Å². The van der Waals surface area contributed by atoms with Crippen LogP contribution >= 0.6 is 0 Å². The molecule has 1 aromatic rings. The average Bonchev–Trinajstić information content (AvgIpc) is 2.39. The van der Waals surface area contributed by atoms with Gasteiger partial charge in [-0.1, -0.05) is 30.9 Å². The Bertz CT molecular complexity index is 602. The molecule has 1 aliphatic carbocycles. The fourth-order valence-corrected chi connectivity index (χ4v) is 4.25. The van der Waals surface area contributed by atoms with E-state index in [4.69, 9.17) is 0 Å². The zero-order valence-electron chi connectivity index (χ0n) is 13.4. The standard InChI is InChI=1S/C19H25N3/c1-14-4-6-17(7-5-14)21-12-19(13-21)10-18(11-19)22-9-8-15(2)20-16(22)3/h4-7,18,20H,2-3,8-13H2,1H3. The molecule has 0 unspecified atom stereocenters. The number of nitrogens with one attached hydrogen (secondary N) is 1. The maximum Gasteiger partial charge on any atom is 0.0983 e. The topological polar surface area (TPSA) is 18.5 Å². The van der Waals surface area contributed by atoms with Gasteiger partial charge in [0.05, 0.1) is 5.82 Å². The smallest absolute Gasteiger partial charge is 0.0983 e. The first-order chi connectivity index (χ1) is 10.5. The lowest BCUT2D eigenvalue weighted by atomic mass is 9.60. The Labute approximate surface area is 133 Å². The van der Waals surface area contributed by atoms with Crippen LogP contribution < -0.4 is 10.2 Å². The largest absolute Gasteiger partial charge is 0.370 e. The fraction of sp³-hybridized carbons (Fsp3) is 0.474. The Balaban J connectivity index is 1.32. The molecule has 4 rings (SSSR count). The van der Waals surface area contributed by atoms with Gasteiger partial charge in [0.25, 0.3) is 0 Å². The van der Waals surface area contributed by atoms with Crippen LogP contribution in [-0.4, -0.2) is 30.6 Å². The number of nitrogens with zero attached hydrogens (tertiary/aromatic N) is 2. The quantitative estimate of drug-likeness (QED) is 0.903. The maximum absolute atomic E-state index is 4.15. The molecule has 3 aliphatic rings. The van der Waals surface area contributed by atoms with E-state index in [2.05, 4.69) is 59.5 Å². The van der Waals surface area contributed by atoms with Gasteiger partial charge in [0.1, 0.15) is 0 Å². The Morgan fingerprint density at radius 2 is 1.82 bits per heavy atom. The number of rotatable bonds is 2. The van der Waals surface area contributed by atoms with Crippen molar-refractivity contribution < 1.29 is 0 Å². The van der Waals surface area contributed by atoms with Crippen molar-refractivity contribution in [2.24, 2.45) is 5.41 Å². The highest BCUT2D eigenvalue weighted by molar-refractivity contribution is 5.51. The Hall–Kier alpha value is -1.90. The maximum atomic E-state index is 4.15. The molecule has 0 bridgehead atoms. The molecule has 3 fully saturated rings. The predicted octanol–water partition coefficient (Wildman–Crippen LogP) is 3.24. The van der Waals surface area contributed by atoms with Crippen molar-refractivity contribution in [2.45, 2.75) is 32.2 Å². The summed E-state index contributed by atoms with van der Waals surface area (Å²) in [6.07, 6.45) is 3.66. The zero-order valence-corrected chi connectivity index (χ0v) is 13.4. The van der Waals surface area contributed by atoms with Crippen LogP contribution in [0.3, 0.4) is 0 Å². The molecule has 2 saturated heterocycles. The van der Waals surface area contributed by atoms with E-state index in [1.54, 1.807) is 0 Å². The van der Waals surface area contributed by atoms with Crippen LogP contribution in [0.25, 0.3) is 0 Å². The molecule has 0 amide bonds. The van der Waals surface area contributed by atoms with Gasteiger partial charge >= 0.3 is 0 Å². The van der Waals surface area contributed by atoms with Crippen molar-refractivity contribution in [3.8, 4) is 0 Å². The molecular formula is C19H25N3. The highest BCUT2D eigenvalue weighted by Gasteiger charge is 2.54. The summed E-state index contributed by atoms with van der Waals surface area (Å²) in [6, 6.07) is 9.59. The second-order valence-electron chi connectivity index (χ2n) is 7.37. The number of benzene rings is 1. The van der Waals surface area contributed by atoms with E-state index < -0.39 is 0 Å². The monoisotopic (exact) mass is 295 g/mol. The molecule has 1 spiro atoms. The van der Waals surface area contributed by atoms with Crippen molar-refractivity contribution in [1.82, 2.24) is 10.2 Å². The molecule has 116 valence electrons. The van der Waals surface area contributed by atoms with Gasteiger partial charge in [-0.05, 0) is 31.9 Å². The molecule has 2 aliphatic heterocycles. The molecule has 3 heteroatoms. The summed E-state index contributed by atoms with van der Waals surface area (Å²) in [5.41, 5.74) is 4.37. The van der Waals surface area contributed by atoms with Crippen molar-refractivity contribution in [2.75, 3.05) is 24.5 Å². The summed E-state index contributed by atoms with van der Waals surface area (Å²) in [5, 5.41) is 3.31. The van der Waals surface area contributed by atoms with E-state index in [0.717, 1.165) is 24.5 Å². The van der Waals surface area contributed by atoms with Crippen LogP contribution in [0.1, 0.15) is 24.8 Å². The second-order valence-corrected chi connectivity index (χ2v) is 7.37. The summed E-state index contributed by atoms with van der Waals surface area (Å²) >= 11 is 0. The Morgan fingerprint density at radius 3 is 2.45 bits per heavy atom. The first-order valence-electron chi connectivity index (χ1n) is 8.27. The van der Waals surface area contributed by atoms with E-state index in [1.807, 2.05) is 0 Å². The lowest BCUT2D eigenvalue weighted by Crippen LogP contribution is -2.67. The van der Waals surface area contributed by atoms with Crippen molar-refractivity contribution in [3.05, 3.63) is 54.5 Å². The third-order valence-electron chi connectivity index (χ3n) is 5.55. The van der Waals surface area contributed by atoms with Crippen LogP contribution in [0, 0.1) is 12.3 Å². The fourth-order valence-electron chi connectivity index (χ4n) is 4.25. The minimum absolute atomic E-state index is 0.560. The highest BCUT2D eigenvalue weighted by Crippen LogP contribution is 2.52. The van der Waals surface area contributed by atoms with Gasteiger partial charge in [0, 0.05) is 48.9 Å². The van der Waals surface area contributed by atoms with Crippen LogP contribution in [0.15, 0.2) is 48.9 Å². The van der Waals surface area contributed by atoms with E-state index >= 15 is 0 Å². The van der Waals surface area contributed by atoms with Crippen LogP contribution in [-0.2, 0) is 0 Å². The summed E-state index contributed by atoms with van der Waals surface area (Å²) in [7, 11) is 0. The first-order valence-corrected chi connectivity index (χ1v) is 8.27. The van der Waals surface area contributed by atoms with E-state index in [1.165, 1.54) is 37.2 Å². The molecule has 1 aromatic carbocycles. The normalized spacial score (nSPS) is 24.0. The summed E-state index contributed by atoms with van der Waals surface area (Å²) < 4.78 is 0. The predicted molar refractivity (Wildman–Crippen MR) is 91.6 cm³/mol. The number of anilines is 1. The van der Waals surface area contributed by atoms with Gasteiger partial charge < -0.3 is 15.1 Å². The van der Waals surface area contributed by atoms with Gasteiger partial charge in [0.15, 0.2) is 0 Å². The van der Waals surface area contributed by atoms with E-state index in [0.29, 0.717) is 11.5 Å². The number of hydrogen-bond acceptors (Lipinski definition) is 3. The number of hydrogen-bond donors (Lipinski definition) is 1. The van der Waals surface area contributed by atoms with Crippen molar-refractivity contribution in [1.29, 1.82) is 0 Å². The molecule has 1 saturated carbocycles. The SMILES string of the molecule is C=C1CCN(C2CC3(C2)CN(c2ccc(C)cc2)C3)C(=C)N1. The average molecular weight is 295 g/mol. The van der Waals surface area contributed by atoms with Crippen molar-refractivity contribution >= 4 is 5.69 Å². The molecule has 0 atom stereocenters. The van der Waals surface area contributed by atoms with E-state index in [9.17, 15) is 0 Å². The molecule has 0 radical (unpaired) electrons. The third-order valence-corrected chi connectivity index (χ3v) is 5.55. The van der Waals surface area contributed by atoms with Crippen LogP contribution in [0.4, 0.5) is 5.69 Å². The minimum Gasteiger partial charge on any atom is -0.370 e. The molecule has 0 aromatic heterocycles. The summed E-state index contributed by atoms with van der Waals surface area (Å²) in [6.45, 7) is 13.8. The molecule has 2 heterocycles. The van der Waals surface area contributed by atoms with Gasteiger partial charge in [-0.15, -0.1) is 0 Å². The molecule has 1 N–H and O–H groups in total. The van der Waals surface area contributed by atoms with Crippen molar-refractivity contribution in [3.63, 3.8) is 0 Å². The Kier molecular flexibility index (Phi) is 3.00. The Morgan fingerprint density at radius 1 is 1.14 bits per heavy atom. The van der Waals surface area contributed by atoms with E-state index in [-0.39, 0.29) is 0 Å². The minimum atomic E-state index is 0.560. The summed E-state index contributed by atoms with van der Waals surface area (Å²) in [5.74, 6) is 1.05. The van der Waals surface area contributed by atoms with Crippen LogP contribution in [0.5, 0.6) is 0 Å². The van der Waals surface area contributed by atoms with Gasteiger partial charge in [-0.3, -0.25) is 0 Å².